The van der Waals surface area contributed by atoms with Gasteiger partial charge in [-0.05, 0) is 43.0 Å². The van der Waals surface area contributed by atoms with Crippen LogP contribution in [0.1, 0.15) is 16.7 Å². The summed E-state index contributed by atoms with van der Waals surface area (Å²) in [6, 6.07) is 4.12. The summed E-state index contributed by atoms with van der Waals surface area (Å²) < 4.78 is 5.24. The topological polar surface area (TPSA) is 38.3 Å². The molecular formula is C12H17NO2S. The number of hydrogen-bond donors (Lipinski definition) is 2. The molecule has 0 radical (unpaired) electrons. The quantitative estimate of drug-likeness (QED) is 0.792. The summed E-state index contributed by atoms with van der Waals surface area (Å²) in [5.74, 6) is 0.902. The average Bonchev–Trinajstić information content (AvgIpc) is 2.22. The predicted octanol–water partition coefficient (Wildman–Crippen LogP) is 2.49. The van der Waals surface area contributed by atoms with Gasteiger partial charge in [-0.2, -0.15) is 0 Å². The number of methoxy groups -OCH3 is 1. The normalized spacial score (nSPS) is 10.0. The number of benzene rings is 1. The SMILES string of the molecule is COc1cc(C)c(CCNC(=O)S)cc1C. The van der Waals surface area contributed by atoms with Gasteiger partial charge in [0.05, 0.1) is 7.11 Å². The van der Waals surface area contributed by atoms with Crippen LogP contribution in [0.4, 0.5) is 4.79 Å². The Morgan fingerprint density at radius 3 is 2.62 bits per heavy atom. The largest absolute Gasteiger partial charge is 0.496 e. The number of aryl methyl sites for hydroxylation is 2. The first kappa shape index (κ1) is 12.9. The molecule has 1 N–H and O–H groups in total. The van der Waals surface area contributed by atoms with Crippen molar-refractivity contribution in [3.8, 4) is 5.75 Å². The van der Waals surface area contributed by atoms with Crippen molar-refractivity contribution in [2.24, 2.45) is 0 Å². The van der Waals surface area contributed by atoms with Crippen LogP contribution in [0.5, 0.6) is 5.75 Å². The third-order valence-electron chi connectivity index (χ3n) is 2.52. The van der Waals surface area contributed by atoms with Crippen molar-refractivity contribution in [3.63, 3.8) is 0 Å². The van der Waals surface area contributed by atoms with Crippen molar-refractivity contribution in [1.82, 2.24) is 5.32 Å². The molecular weight excluding hydrogens is 222 g/mol. The first-order valence-electron chi connectivity index (χ1n) is 5.15. The van der Waals surface area contributed by atoms with Gasteiger partial charge < -0.3 is 10.1 Å². The smallest absolute Gasteiger partial charge is 0.275 e. The van der Waals surface area contributed by atoms with Gasteiger partial charge in [0.1, 0.15) is 5.75 Å². The number of carbonyl (C=O) groups is 1. The van der Waals surface area contributed by atoms with Crippen molar-refractivity contribution in [1.29, 1.82) is 0 Å². The molecule has 1 aromatic carbocycles. The van der Waals surface area contributed by atoms with Gasteiger partial charge in [-0.1, -0.05) is 18.7 Å². The van der Waals surface area contributed by atoms with E-state index in [1.165, 1.54) is 11.1 Å². The summed E-state index contributed by atoms with van der Waals surface area (Å²) in [6.45, 7) is 4.66. The van der Waals surface area contributed by atoms with Crippen LogP contribution in [0, 0.1) is 13.8 Å². The predicted molar refractivity (Wildman–Crippen MR) is 68.6 cm³/mol. The van der Waals surface area contributed by atoms with Gasteiger partial charge in [-0.3, -0.25) is 4.79 Å². The standard InChI is InChI=1S/C12H17NO2S/c1-8-7-11(15-3)9(2)6-10(8)4-5-13-12(14)16/h6-7H,4-5H2,1-3H3,(H2,13,14,16). The van der Waals surface area contributed by atoms with Crippen molar-refractivity contribution >= 4 is 17.9 Å². The molecule has 3 nitrogen and oxygen atoms in total. The summed E-state index contributed by atoms with van der Waals surface area (Å²) in [5.41, 5.74) is 3.51. The van der Waals surface area contributed by atoms with Gasteiger partial charge in [0, 0.05) is 6.54 Å². The highest BCUT2D eigenvalue weighted by Gasteiger charge is 2.04. The lowest BCUT2D eigenvalue weighted by molar-refractivity contribution is 0.261. The Morgan fingerprint density at radius 2 is 2.06 bits per heavy atom. The van der Waals surface area contributed by atoms with Crippen LogP contribution < -0.4 is 10.1 Å². The van der Waals surface area contributed by atoms with E-state index in [1.54, 1.807) is 7.11 Å². The Bertz CT molecular complexity index is 391. The second-order valence-corrected chi connectivity index (χ2v) is 4.14. The van der Waals surface area contributed by atoms with Gasteiger partial charge in [0.15, 0.2) is 0 Å². The molecule has 0 atom stereocenters. The van der Waals surface area contributed by atoms with Gasteiger partial charge in [-0.25, -0.2) is 0 Å². The molecule has 1 rings (SSSR count). The van der Waals surface area contributed by atoms with Gasteiger partial charge in [0.25, 0.3) is 5.24 Å². The molecule has 0 heterocycles. The summed E-state index contributed by atoms with van der Waals surface area (Å²) in [7, 11) is 1.67. The fourth-order valence-electron chi connectivity index (χ4n) is 1.64. The van der Waals surface area contributed by atoms with Crippen LogP contribution in [0.2, 0.25) is 0 Å². The molecule has 0 unspecified atom stereocenters. The zero-order valence-corrected chi connectivity index (χ0v) is 10.7. The first-order valence-corrected chi connectivity index (χ1v) is 5.60. The summed E-state index contributed by atoms with van der Waals surface area (Å²) >= 11 is 3.65. The Labute approximate surface area is 102 Å². The van der Waals surface area contributed by atoms with Crippen LogP contribution in [0.15, 0.2) is 12.1 Å². The van der Waals surface area contributed by atoms with Crippen LogP contribution >= 0.6 is 12.6 Å². The maximum Gasteiger partial charge on any atom is 0.275 e. The van der Waals surface area contributed by atoms with E-state index in [0.717, 1.165) is 17.7 Å². The van der Waals surface area contributed by atoms with E-state index >= 15 is 0 Å². The molecule has 0 aromatic heterocycles. The second kappa shape index (κ2) is 5.80. The van der Waals surface area contributed by atoms with Crippen molar-refractivity contribution in [2.45, 2.75) is 20.3 Å². The molecule has 0 saturated heterocycles. The molecule has 16 heavy (non-hydrogen) atoms. The van der Waals surface area contributed by atoms with Crippen molar-refractivity contribution < 1.29 is 9.53 Å². The van der Waals surface area contributed by atoms with Gasteiger partial charge >= 0.3 is 0 Å². The zero-order valence-electron chi connectivity index (χ0n) is 9.83. The average molecular weight is 239 g/mol. The number of carbonyl (C=O) groups excluding carboxylic acids is 1. The van der Waals surface area contributed by atoms with E-state index in [-0.39, 0.29) is 5.24 Å². The maximum absolute atomic E-state index is 10.6. The molecule has 0 aliphatic heterocycles. The molecule has 1 amide bonds. The second-order valence-electron chi connectivity index (χ2n) is 3.73. The highest BCUT2D eigenvalue weighted by Crippen LogP contribution is 2.22. The molecule has 0 fully saturated rings. The lowest BCUT2D eigenvalue weighted by atomic mass is 10.0. The maximum atomic E-state index is 10.6. The molecule has 1 aromatic rings. The molecule has 0 bridgehead atoms. The van der Waals surface area contributed by atoms with Crippen LogP contribution in [-0.4, -0.2) is 18.9 Å². The molecule has 0 saturated carbocycles. The number of ether oxygens (including phenoxy) is 1. The Morgan fingerprint density at radius 1 is 1.38 bits per heavy atom. The third-order valence-corrected chi connectivity index (χ3v) is 2.68. The fourth-order valence-corrected chi connectivity index (χ4v) is 1.75. The van der Waals surface area contributed by atoms with Crippen LogP contribution in [-0.2, 0) is 6.42 Å². The lowest BCUT2D eigenvalue weighted by Gasteiger charge is -2.11. The van der Waals surface area contributed by atoms with E-state index in [1.807, 2.05) is 19.9 Å². The van der Waals surface area contributed by atoms with E-state index in [4.69, 9.17) is 4.74 Å². The van der Waals surface area contributed by atoms with Crippen molar-refractivity contribution in [2.75, 3.05) is 13.7 Å². The summed E-state index contributed by atoms with van der Waals surface area (Å²) in [4.78, 5) is 10.6. The number of amides is 1. The summed E-state index contributed by atoms with van der Waals surface area (Å²) in [6.07, 6.45) is 0.808. The zero-order chi connectivity index (χ0) is 12.1. The number of rotatable bonds is 4. The lowest BCUT2D eigenvalue weighted by Crippen LogP contribution is -2.19. The van der Waals surface area contributed by atoms with Crippen LogP contribution in [0.3, 0.4) is 0 Å². The third kappa shape index (κ3) is 3.45. The Balaban J connectivity index is 2.73. The summed E-state index contributed by atoms with van der Waals surface area (Å²) in [5, 5.41) is 2.37. The highest BCUT2D eigenvalue weighted by atomic mass is 32.1. The van der Waals surface area contributed by atoms with E-state index in [9.17, 15) is 4.79 Å². The minimum atomic E-state index is -0.289. The number of nitrogens with one attached hydrogen (secondary N) is 1. The van der Waals surface area contributed by atoms with E-state index in [2.05, 4.69) is 24.0 Å². The molecule has 0 aliphatic carbocycles. The highest BCUT2D eigenvalue weighted by molar-refractivity contribution is 7.96. The van der Waals surface area contributed by atoms with Gasteiger partial charge in [0.2, 0.25) is 0 Å². The van der Waals surface area contributed by atoms with E-state index < -0.39 is 0 Å². The molecule has 4 heteroatoms. The Hall–Kier alpha value is -1.16. The van der Waals surface area contributed by atoms with E-state index in [0.29, 0.717) is 6.54 Å². The monoisotopic (exact) mass is 239 g/mol. The minimum absolute atomic E-state index is 0.289. The molecule has 88 valence electrons. The van der Waals surface area contributed by atoms with Crippen molar-refractivity contribution in [3.05, 3.63) is 28.8 Å². The number of hydrogen-bond acceptors (Lipinski definition) is 2. The molecule has 0 aliphatic rings. The van der Waals surface area contributed by atoms with Gasteiger partial charge in [-0.15, -0.1) is 0 Å². The number of thiol groups is 1. The molecule has 0 spiro atoms. The van der Waals surface area contributed by atoms with Crippen LogP contribution in [0.25, 0.3) is 0 Å². The Kier molecular flexibility index (Phi) is 4.68. The first-order chi connectivity index (χ1) is 7.54. The fraction of sp³-hybridized carbons (Fsp3) is 0.417. The minimum Gasteiger partial charge on any atom is -0.496 e.